The molecular weight excluding hydrogens is 232 g/mol. The van der Waals surface area contributed by atoms with Crippen molar-refractivity contribution in [2.24, 2.45) is 11.8 Å². The maximum atomic E-state index is 12.3. The zero-order chi connectivity index (χ0) is 12.7. The van der Waals surface area contributed by atoms with Crippen molar-refractivity contribution >= 4 is 11.8 Å². The Labute approximate surface area is 107 Å². The van der Waals surface area contributed by atoms with Crippen molar-refractivity contribution in [3.8, 4) is 0 Å². The Bertz CT molecular complexity index is 367. The van der Waals surface area contributed by atoms with E-state index < -0.39 is 0 Å². The molecule has 0 bridgehead atoms. The highest BCUT2D eigenvalue weighted by Crippen LogP contribution is 2.34. The van der Waals surface area contributed by atoms with Crippen LogP contribution in [0.5, 0.6) is 0 Å². The number of piperazine rings is 1. The van der Waals surface area contributed by atoms with Crippen LogP contribution in [-0.4, -0.2) is 48.6 Å². The van der Waals surface area contributed by atoms with Crippen LogP contribution in [0.1, 0.15) is 26.2 Å². The van der Waals surface area contributed by atoms with Gasteiger partial charge in [-0.25, -0.2) is 0 Å². The molecule has 1 saturated carbocycles. The lowest BCUT2D eigenvalue weighted by Gasteiger charge is -2.34. The first-order valence-corrected chi connectivity index (χ1v) is 6.85. The highest BCUT2D eigenvalue weighted by atomic mass is 16.5. The van der Waals surface area contributed by atoms with Crippen molar-refractivity contribution in [2.75, 3.05) is 19.7 Å². The number of hydrogen-bond acceptors (Lipinski definition) is 3. The van der Waals surface area contributed by atoms with Gasteiger partial charge in [0.1, 0.15) is 6.04 Å². The lowest BCUT2D eigenvalue weighted by Crippen LogP contribution is -2.59. The van der Waals surface area contributed by atoms with Gasteiger partial charge in [-0.05, 0) is 32.1 Å². The summed E-state index contributed by atoms with van der Waals surface area (Å²) in [5, 5.41) is 2.83. The molecule has 5 heteroatoms. The van der Waals surface area contributed by atoms with Crippen molar-refractivity contribution in [3.63, 3.8) is 0 Å². The van der Waals surface area contributed by atoms with Crippen LogP contribution in [-0.2, 0) is 14.3 Å². The van der Waals surface area contributed by atoms with Gasteiger partial charge in [0.25, 0.3) is 0 Å². The second-order valence-electron chi connectivity index (χ2n) is 5.73. The van der Waals surface area contributed by atoms with E-state index in [1.807, 2.05) is 6.92 Å². The van der Waals surface area contributed by atoms with Crippen LogP contribution in [0.2, 0.25) is 0 Å². The summed E-state index contributed by atoms with van der Waals surface area (Å²) in [4.78, 5) is 25.7. The van der Waals surface area contributed by atoms with E-state index in [1.165, 1.54) is 0 Å². The number of hydrogen-bond donors (Lipinski definition) is 1. The van der Waals surface area contributed by atoms with Crippen LogP contribution in [0, 0.1) is 11.8 Å². The van der Waals surface area contributed by atoms with Crippen molar-refractivity contribution in [1.29, 1.82) is 0 Å². The molecule has 3 rings (SSSR count). The minimum Gasteiger partial charge on any atom is -0.378 e. The molecule has 0 radical (unpaired) electrons. The number of amides is 2. The Morgan fingerprint density at radius 1 is 1.33 bits per heavy atom. The number of ether oxygens (including phenoxy) is 1. The second kappa shape index (κ2) is 4.53. The SMILES string of the molecule is CC1OCCC1CN1CC(=O)NC(C2CC2)C1=O. The topological polar surface area (TPSA) is 58.6 Å². The quantitative estimate of drug-likeness (QED) is 0.778. The summed E-state index contributed by atoms with van der Waals surface area (Å²) in [6.45, 7) is 3.69. The minimum absolute atomic E-state index is 0.0157. The molecule has 2 heterocycles. The molecule has 0 aromatic carbocycles. The van der Waals surface area contributed by atoms with Crippen molar-refractivity contribution in [3.05, 3.63) is 0 Å². The molecule has 1 aliphatic carbocycles. The fraction of sp³-hybridized carbons (Fsp3) is 0.846. The van der Waals surface area contributed by atoms with E-state index in [4.69, 9.17) is 4.74 Å². The van der Waals surface area contributed by atoms with Gasteiger partial charge in [-0.3, -0.25) is 9.59 Å². The number of rotatable bonds is 3. The van der Waals surface area contributed by atoms with Gasteiger partial charge in [0.2, 0.25) is 11.8 Å². The Morgan fingerprint density at radius 2 is 2.11 bits per heavy atom. The fourth-order valence-corrected chi connectivity index (χ4v) is 2.93. The van der Waals surface area contributed by atoms with Crippen molar-refractivity contribution in [2.45, 2.75) is 38.3 Å². The lowest BCUT2D eigenvalue weighted by molar-refractivity contribution is -0.145. The molecule has 2 amide bonds. The van der Waals surface area contributed by atoms with Gasteiger partial charge in [-0.2, -0.15) is 0 Å². The first-order valence-electron chi connectivity index (χ1n) is 6.85. The van der Waals surface area contributed by atoms with E-state index in [0.717, 1.165) is 25.9 Å². The first-order chi connectivity index (χ1) is 8.65. The number of nitrogens with one attached hydrogen (secondary N) is 1. The van der Waals surface area contributed by atoms with Crippen molar-refractivity contribution in [1.82, 2.24) is 10.2 Å². The van der Waals surface area contributed by atoms with E-state index in [2.05, 4.69) is 5.32 Å². The maximum absolute atomic E-state index is 12.3. The average Bonchev–Trinajstić information content (AvgIpc) is 3.09. The molecule has 3 fully saturated rings. The van der Waals surface area contributed by atoms with Crippen molar-refractivity contribution < 1.29 is 14.3 Å². The minimum atomic E-state index is -0.260. The van der Waals surface area contributed by atoms with E-state index in [0.29, 0.717) is 18.4 Å². The summed E-state index contributed by atoms with van der Waals surface area (Å²) in [5.41, 5.74) is 0. The highest BCUT2D eigenvalue weighted by molar-refractivity contribution is 5.95. The summed E-state index contributed by atoms with van der Waals surface area (Å²) in [6.07, 6.45) is 3.31. The standard InChI is InChI=1S/C13H20N2O3/c1-8-10(4-5-18-8)6-15-7-11(16)14-12(13(15)17)9-2-3-9/h8-10,12H,2-7H2,1H3,(H,14,16). The largest absolute Gasteiger partial charge is 0.378 e. The zero-order valence-electron chi connectivity index (χ0n) is 10.7. The molecule has 0 aromatic rings. The summed E-state index contributed by atoms with van der Waals surface area (Å²) < 4.78 is 5.52. The molecule has 0 spiro atoms. The van der Waals surface area contributed by atoms with Gasteiger partial charge in [0.15, 0.2) is 0 Å². The predicted molar refractivity (Wildman–Crippen MR) is 64.8 cm³/mol. The van der Waals surface area contributed by atoms with Crippen LogP contribution in [0.25, 0.3) is 0 Å². The molecule has 2 saturated heterocycles. The third kappa shape index (κ3) is 2.23. The normalized spacial score (nSPS) is 36.9. The first kappa shape index (κ1) is 12.0. The van der Waals surface area contributed by atoms with Gasteiger partial charge in [-0.1, -0.05) is 0 Å². The number of carbonyl (C=O) groups is 2. The summed E-state index contributed by atoms with van der Waals surface area (Å²) in [6, 6.07) is -0.260. The maximum Gasteiger partial charge on any atom is 0.245 e. The van der Waals surface area contributed by atoms with Gasteiger partial charge in [0.05, 0.1) is 12.6 Å². The number of carbonyl (C=O) groups excluding carboxylic acids is 2. The van der Waals surface area contributed by atoms with Gasteiger partial charge in [-0.15, -0.1) is 0 Å². The zero-order valence-corrected chi connectivity index (χ0v) is 10.7. The Hall–Kier alpha value is -1.10. The monoisotopic (exact) mass is 252 g/mol. The van der Waals surface area contributed by atoms with Gasteiger partial charge < -0.3 is 15.0 Å². The van der Waals surface area contributed by atoms with E-state index in [-0.39, 0.29) is 30.5 Å². The highest BCUT2D eigenvalue weighted by Gasteiger charge is 2.43. The molecule has 3 aliphatic rings. The molecule has 18 heavy (non-hydrogen) atoms. The Balaban J connectivity index is 1.66. The van der Waals surface area contributed by atoms with Crippen LogP contribution in [0.4, 0.5) is 0 Å². The summed E-state index contributed by atoms with van der Waals surface area (Å²) in [5.74, 6) is 0.843. The second-order valence-corrected chi connectivity index (χ2v) is 5.73. The average molecular weight is 252 g/mol. The Morgan fingerprint density at radius 3 is 2.72 bits per heavy atom. The van der Waals surface area contributed by atoms with Gasteiger partial charge in [0, 0.05) is 19.1 Å². The van der Waals surface area contributed by atoms with Crippen LogP contribution in [0.15, 0.2) is 0 Å². The lowest BCUT2D eigenvalue weighted by atomic mass is 10.00. The summed E-state index contributed by atoms with van der Waals surface area (Å²) in [7, 11) is 0. The molecule has 0 aromatic heterocycles. The third-order valence-corrected chi connectivity index (χ3v) is 4.31. The van der Waals surface area contributed by atoms with E-state index >= 15 is 0 Å². The molecule has 3 atom stereocenters. The summed E-state index contributed by atoms with van der Waals surface area (Å²) >= 11 is 0. The molecular formula is C13H20N2O3. The third-order valence-electron chi connectivity index (χ3n) is 4.31. The van der Waals surface area contributed by atoms with Crippen LogP contribution < -0.4 is 5.32 Å². The smallest absolute Gasteiger partial charge is 0.245 e. The molecule has 1 N–H and O–H groups in total. The fourth-order valence-electron chi connectivity index (χ4n) is 2.93. The molecule has 3 unspecified atom stereocenters. The van der Waals surface area contributed by atoms with Gasteiger partial charge >= 0.3 is 0 Å². The molecule has 2 aliphatic heterocycles. The van der Waals surface area contributed by atoms with Crippen LogP contribution >= 0.6 is 0 Å². The molecule has 5 nitrogen and oxygen atoms in total. The van der Waals surface area contributed by atoms with E-state index in [9.17, 15) is 9.59 Å². The number of nitrogens with zero attached hydrogens (tertiary/aromatic N) is 1. The molecule has 100 valence electrons. The Kier molecular flexibility index (Phi) is 3.01. The van der Waals surface area contributed by atoms with E-state index in [1.54, 1.807) is 4.90 Å². The predicted octanol–water partition coefficient (Wildman–Crippen LogP) is 0.148. The van der Waals surface area contributed by atoms with Crippen LogP contribution in [0.3, 0.4) is 0 Å².